The molecule has 0 saturated carbocycles. The first-order valence-corrected chi connectivity index (χ1v) is 5.88. The number of hydrogen-bond acceptors (Lipinski definition) is 3. The van der Waals surface area contributed by atoms with Crippen LogP contribution in [0.25, 0.3) is 0 Å². The summed E-state index contributed by atoms with van der Waals surface area (Å²) in [5.74, 6) is 1.14. The zero-order chi connectivity index (χ0) is 12.8. The average Bonchev–Trinajstić information content (AvgIpc) is 2.29. The highest BCUT2D eigenvalue weighted by Crippen LogP contribution is 2.17. The second kappa shape index (κ2) is 6.43. The van der Waals surface area contributed by atoms with Crippen LogP contribution < -0.4 is 9.47 Å². The van der Waals surface area contributed by atoms with Gasteiger partial charge in [-0.05, 0) is 46.9 Å². The molecule has 0 unspecified atom stereocenters. The summed E-state index contributed by atoms with van der Waals surface area (Å²) >= 11 is 1.96. The first-order valence-electron chi connectivity index (χ1n) is 4.80. The van der Waals surface area contributed by atoms with E-state index in [0.29, 0.717) is 15.3 Å². The predicted octanol–water partition coefficient (Wildman–Crippen LogP) is 2.55. The molecule has 0 spiro atoms. The van der Waals surface area contributed by atoms with Crippen molar-refractivity contribution in [1.82, 2.24) is 4.90 Å². The molecule has 0 radical (unpaired) electrons. The van der Waals surface area contributed by atoms with Crippen LogP contribution in [0, 0.1) is 0 Å². The van der Waals surface area contributed by atoms with Gasteiger partial charge < -0.3 is 14.4 Å². The highest BCUT2D eigenvalue weighted by Gasteiger charge is 2.05. The number of hydrogen-bond donors (Lipinski definition) is 0. The molecule has 1 aromatic rings. The standard InChI is InChI=1S/C11H13IN2O3/c1-14(2)10(12)13-11(15)17-9-6-4-8(16-3)5-7-9/h4-7H,1-3H3/b13-10-. The van der Waals surface area contributed by atoms with Crippen LogP contribution in [-0.2, 0) is 0 Å². The third-order valence-corrected chi connectivity index (χ3v) is 3.02. The molecule has 0 N–H and O–H groups in total. The number of carbonyl (C=O) groups excluding carboxylic acids is 1. The fourth-order valence-electron chi connectivity index (χ4n) is 0.943. The van der Waals surface area contributed by atoms with Gasteiger partial charge in [0.1, 0.15) is 11.5 Å². The van der Waals surface area contributed by atoms with E-state index in [9.17, 15) is 4.79 Å². The van der Waals surface area contributed by atoms with Crippen molar-refractivity contribution in [2.45, 2.75) is 0 Å². The molecule has 0 bridgehead atoms. The highest BCUT2D eigenvalue weighted by molar-refractivity contribution is 14.1. The molecule has 1 rings (SSSR count). The van der Waals surface area contributed by atoms with E-state index in [0.717, 1.165) is 0 Å². The minimum absolute atomic E-state index is 0.433. The molecule has 92 valence electrons. The molecule has 0 atom stereocenters. The van der Waals surface area contributed by atoms with Crippen LogP contribution in [0.4, 0.5) is 4.79 Å². The first kappa shape index (κ1) is 13.8. The second-order valence-corrected chi connectivity index (χ2v) is 4.28. The van der Waals surface area contributed by atoms with E-state index in [4.69, 9.17) is 9.47 Å². The lowest BCUT2D eigenvalue weighted by atomic mass is 10.3. The monoisotopic (exact) mass is 348 g/mol. The summed E-state index contributed by atoms with van der Waals surface area (Å²) in [6, 6.07) is 6.72. The van der Waals surface area contributed by atoms with Crippen molar-refractivity contribution in [3.63, 3.8) is 0 Å². The maximum absolute atomic E-state index is 11.4. The third kappa shape index (κ3) is 4.59. The maximum Gasteiger partial charge on any atom is 0.441 e. The summed E-state index contributed by atoms with van der Waals surface area (Å²) in [4.78, 5) is 16.9. The first-order chi connectivity index (χ1) is 8.02. The minimum atomic E-state index is -0.645. The summed E-state index contributed by atoms with van der Waals surface area (Å²) in [6.07, 6.45) is -0.645. The lowest BCUT2D eigenvalue weighted by molar-refractivity contribution is 0.211. The van der Waals surface area contributed by atoms with Gasteiger partial charge in [0.05, 0.1) is 7.11 Å². The van der Waals surface area contributed by atoms with E-state index in [-0.39, 0.29) is 0 Å². The van der Waals surface area contributed by atoms with Crippen molar-refractivity contribution in [2.75, 3.05) is 21.2 Å². The van der Waals surface area contributed by atoms with Gasteiger partial charge in [-0.3, -0.25) is 0 Å². The number of benzene rings is 1. The smallest absolute Gasteiger partial charge is 0.441 e. The van der Waals surface area contributed by atoms with E-state index in [1.165, 1.54) is 0 Å². The number of carbonyl (C=O) groups is 1. The molecule has 5 nitrogen and oxygen atoms in total. The van der Waals surface area contributed by atoms with E-state index < -0.39 is 6.09 Å². The fraction of sp³-hybridized carbons (Fsp3) is 0.273. The van der Waals surface area contributed by atoms with E-state index in [1.807, 2.05) is 22.6 Å². The van der Waals surface area contributed by atoms with Gasteiger partial charge in [0.25, 0.3) is 0 Å². The molecular weight excluding hydrogens is 335 g/mol. The van der Waals surface area contributed by atoms with Crippen molar-refractivity contribution in [2.24, 2.45) is 4.99 Å². The normalized spacial score (nSPS) is 10.9. The Morgan fingerprint density at radius 1 is 1.24 bits per heavy atom. The zero-order valence-corrected chi connectivity index (χ0v) is 12.0. The SMILES string of the molecule is COc1ccc(OC(=O)/N=C(/I)N(C)C)cc1. The van der Waals surface area contributed by atoms with Crippen LogP contribution in [0.15, 0.2) is 29.3 Å². The second-order valence-electron chi connectivity index (χ2n) is 3.32. The van der Waals surface area contributed by atoms with E-state index in [1.54, 1.807) is 50.4 Å². The molecule has 1 amide bonds. The molecule has 0 fully saturated rings. The van der Waals surface area contributed by atoms with Crippen LogP contribution in [0.1, 0.15) is 0 Å². The molecule has 17 heavy (non-hydrogen) atoms. The summed E-state index contributed by atoms with van der Waals surface area (Å²) in [5.41, 5.74) is 0. The Kier molecular flexibility index (Phi) is 5.20. The van der Waals surface area contributed by atoms with Crippen LogP contribution in [0.5, 0.6) is 11.5 Å². The van der Waals surface area contributed by atoms with E-state index >= 15 is 0 Å². The third-order valence-electron chi connectivity index (χ3n) is 1.82. The van der Waals surface area contributed by atoms with Crippen LogP contribution in [0.2, 0.25) is 0 Å². The molecule has 0 aliphatic rings. The van der Waals surface area contributed by atoms with Crippen molar-refractivity contribution in [1.29, 1.82) is 0 Å². The zero-order valence-electron chi connectivity index (χ0n) is 9.81. The van der Waals surface area contributed by atoms with Gasteiger partial charge in [-0.1, -0.05) is 0 Å². The van der Waals surface area contributed by atoms with Crippen LogP contribution in [-0.4, -0.2) is 36.0 Å². The number of amidine groups is 1. The molecule has 0 aliphatic carbocycles. The Balaban J connectivity index is 2.65. The van der Waals surface area contributed by atoms with Gasteiger partial charge in [0.2, 0.25) is 0 Å². The Bertz CT molecular complexity index is 415. The van der Waals surface area contributed by atoms with Gasteiger partial charge in [0, 0.05) is 14.1 Å². The Labute approximate surface area is 114 Å². The topological polar surface area (TPSA) is 51.1 Å². The molecule has 0 saturated heterocycles. The molecule has 1 aromatic carbocycles. The average molecular weight is 348 g/mol. The summed E-state index contributed by atoms with van der Waals surface area (Å²) in [7, 11) is 5.17. The Morgan fingerprint density at radius 2 is 1.76 bits per heavy atom. The molecule has 6 heteroatoms. The van der Waals surface area contributed by atoms with Gasteiger partial charge in [0.15, 0.2) is 3.84 Å². The number of aliphatic imine (C=N–C) groups is 1. The molecule has 0 aromatic heterocycles. The number of methoxy groups -OCH3 is 1. The largest absolute Gasteiger partial charge is 0.497 e. The van der Waals surface area contributed by atoms with Crippen molar-refractivity contribution >= 4 is 32.5 Å². The van der Waals surface area contributed by atoms with Gasteiger partial charge in [-0.25, -0.2) is 4.79 Å². The van der Waals surface area contributed by atoms with Crippen LogP contribution >= 0.6 is 22.6 Å². The Hall–Kier alpha value is -1.31. The summed E-state index contributed by atoms with van der Waals surface area (Å²) in [5, 5.41) is 0. The highest BCUT2D eigenvalue weighted by atomic mass is 127. The number of amides is 1. The fourth-order valence-corrected chi connectivity index (χ4v) is 1.14. The van der Waals surface area contributed by atoms with E-state index in [2.05, 4.69) is 4.99 Å². The number of ether oxygens (including phenoxy) is 2. The molecule has 0 heterocycles. The number of halogens is 1. The van der Waals surface area contributed by atoms with Crippen LogP contribution in [0.3, 0.4) is 0 Å². The maximum atomic E-state index is 11.4. The lowest BCUT2D eigenvalue weighted by Gasteiger charge is -2.08. The van der Waals surface area contributed by atoms with Gasteiger partial charge >= 0.3 is 6.09 Å². The molecule has 0 aliphatic heterocycles. The quantitative estimate of drug-likeness (QED) is 0.357. The number of rotatable bonds is 2. The van der Waals surface area contributed by atoms with Crippen molar-refractivity contribution < 1.29 is 14.3 Å². The molecular formula is C11H13IN2O3. The predicted molar refractivity (Wildman–Crippen MR) is 74.2 cm³/mol. The minimum Gasteiger partial charge on any atom is -0.497 e. The number of nitrogens with zero attached hydrogens (tertiary/aromatic N) is 2. The van der Waals surface area contributed by atoms with Gasteiger partial charge in [-0.2, -0.15) is 4.99 Å². The lowest BCUT2D eigenvalue weighted by Crippen LogP contribution is -2.18. The Morgan fingerprint density at radius 3 is 2.24 bits per heavy atom. The summed E-state index contributed by atoms with van der Waals surface area (Å²) < 4.78 is 10.6. The van der Waals surface area contributed by atoms with Gasteiger partial charge in [-0.15, -0.1) is 0 Å². The summed E-state index contributed by atoms with van der Waals surface area (Å²) in [6.45, 7) is 0. The van der Waals surface area contributed by atoms with Crippen molar-refractivity contribution in [3.05, 3.63) is 24.3 Å². The van der Waals surface area contributed by atoms with Crippen molar-refractivity contribution in [3.8, 4) is 11.5 Å².